The lowest BCUT2D eigenvalue weighted by molar-refractivity contribution is 0.390. The van der Waals surface area contributed by atoms with Crippen molar-refractivity contribution >= 4 is 0 Å². The highest BCUT2D eigenvalue weighted by atomic mass is 16.5. The Morgan fingerprint density at radius 3 is 3.38 bits per heavy atom. The average molecular weight is 108 g/mol. The summed E-state index contributed by atoms with van der Waals surface area (Å²) < 4.78 is 4.70. The lowest BCUT2D eigenvalue weighted by Crippen LogP contribution is -1.70. The van der Waals surface area contributed by atoms with E-state index in [2.05, 4.69) is 17.8 Å². The molecule has 0 aliphatic carbocycles. The Morgan fingerprint density at radius 2 is 2.88 bits per heavy atom. The second-order valence-electron chi connectivity index (χ2n) is 1.39. The van der Waals surface area contributed by atoms with Gasteiger partial charge >= 0.3 is 0 Å². The van der Waals surface area contributed by atoms with Gasteiger partial charge in [-0.3, -0.25) is 0 Å². The van der Waals surface area contributed by atoms with Crippen molar-refractivity contribution in [2.45, 2.75) is 6.42 Å². The maximum atomic E-state index is 4.70. The van der Waals surface area contributed by atoms with Crippen molar-refractivity contribution in [3.05, 3.63) is 30.7 Å². The molecule has 0 spiro atoms. The molecule has 0 saturated heterocycles. The predicted octanol–water partition coefficient (Wildman–Crippen LogP) is 1.20. The lowest BCUT2D eigenvalue weighted by atomic mass is 10.3. The molecule has 1 heterocycles. The van der Waals surface area contributed by atoms with Crippen molar-refractivity contribution < 1.29 is 4.52 Å². The van der Waals surface area contributed by atoms with Crippen LogP contribution in [0.5, 0.6) is 0 Å². The van der Waals surface area contributed by atoms with Gasteiger partial charge in [-0.1, -0.05) is 11.2 Å². The molecule has 0 aliphatic rings. The zero-order chi connectivity index (χ0) is 5.82. The quantitative estimate of drug-likeness (QED) is 0.532. The minimum atomic E-state index is 0.708. The van der Waals surface area contributed by atoms with Crippen molar-refractivity contribution in [1.29, 1.82) is 0 Å². The van der Waals surface area contributed by atoms with Crippen molar-refractivity contribution in [1.82, 2.24) is 5.16 Å². The Bertz CT molecular complexity index is 155. The van der Waals surface area contributed by atoms with Gasteiger partial charge in [0.15, 0.2) is 0 Å². The molecule has 1 aromatic rings. The molecule has 0 bridgehead atoms. The van der Waals surface area contributed by atoms with Gasteiger partial charge < -0.3 is 4.52 Å². The van der Waals surface area contributed by atoms with Gasteiger partial charge in [0.05, 0.1) is 12.3 Å². The molecule has 8 heavy (non-hydrogen) atoms. The minimum Gasteiger partial charge on any atom is -0.360 e. The van der Waals surface area contributed by atoms with Crippen LogP contribution < -0.4 is 0 Å². The van der Waals surface area contributed by atoms with E-state index in [0.717, 1.165) is 5.76 Å². The largest absolute Gasteiger partial charge is 0.360 e. The highest BCUT2D eigenvalue weighted by Gasteiger charge is 1.89. The van der Waals surface area contributed by atoms with Crippen LogP contribution in [0.15, 0.2) is 23.4 Å². The molecule has 41 valence electrons. The molecular formula is C6H6NO. The fourth-order valence-corrected chi connectivity index (χ4v) is 0.442. The third-order valence-electron chi connectivity index (χ3n) is 0.771. The van der Waals surface area contributed by atoms with Crippen molar-refractivity contribution in [3.8, 4) is 0 Å². The molecule has 0 N–H and O–H groups in total. The van der Waals surface area contributed by atoms with Gasteiger partial charge in [0.2, 0.25) is 0 Å². The van der Waals surface area contributed by atoms with Crippen LogP contribution in [0.25, 0.3) is 0 Å². The molecule has 0 amide bonds. The van der Waals surface area contributed by atoms with E-state index in [0.29, 0.717) is 6.42 Å². The van der Waals surface area contributed by atoms with Crippen LogP contribution in [0.4, 0.5) is 0 Å². The van der Waals surface area contributed by atoms with E-state index >= 15 is 0 Å². The van der Waals surface area contributed by atoms with E-state index in [-0.39, 0.29) is 0 Å². The summed E-state index contributed by atoms with van der Waals surface area (Å²) in [7, 11) is 0. The first-order valence-electron chi connectivity index (χ1n) is 2.35. The van der Waals surface area contributed by atoms with Gasteiger partial charge in [-0.05, 0) is 0 Å². The summed E-state index contributed by atoms with van der Waals surface area (Å²) in [5, 5.41) is 3.46. The molecular weight excluding hydrogens is 102 g/mol. The van der Waals surface area contributed by atoms with Crippen LogP contribution in [0.2, 0.25) is 0 Å². The summed E-state index contributed by atoms with van der Waals surface area (Å²) in [5.74, 6) is 0.736. The van der Waals surface area contributed by atoms with Crippen LogP contribution in [0.3, 0.4) is 0 Å². The molecule has 0 fully saturated rings. The molecule has 0 unspecified atom stereocenters. The fourth-order valence-electron chi connectivity index (χ4n) is 0.442. The molecule has 0 saturated carbocycles. The van der Waals surface area contributed by atoms with Crippen LogP contribution in [0.1, 0.15) is 5.76 Å². The Morgan fingerprint density at radius 1 is 2.00 bits per heavy atom. The van der Waals surface area contributed by atoms with E-state index < -0.39 is 0 Å². The van der Waals surface area contributed by atoms with E-state index in [4.69, 9.17) is 4.52 Å². The first kappa shape index (κ1) is 5.09. The van der Waals surface area contributed by atoms with E-state index in [9.17, 15) is 0 Å². The third kappa shape index (κ3) is 0.964. The zero-order valence-corrected chi connectivity index (χ0v) is 4.42. The predicted molar refractivity (Wildman–Crippen MR) is 29.2 cm³/mol. The topological polar surface area (TPSA) is 26.0 Å². The van der Waals surface area contributed by atoms with Crippen molar-refractivity contribution in [3.63, 3.8) is 0 Å². The minimum absolute atomic E-state index is 0.708. The Labute approximate surface area is 47.8 Å². The standard InChI is InChI=1S/C6H6NO/c1-2-3-6-4-5-7-8-6/h2,5H,1,3H2. The number of allylic oxidation sites excluding steroid dienone is 1. The normalized spacial score (nSPS) is 9.00. The van der Waals surface area contributed by atoms with Gasteiger partial charge in [0, 0.05) is 6.42 Å². The maximum Gasteiger partial charge on any atom is 0.148 e. The van der Waals surface area contributed by atoms with Crippen LogP contribution in [0, 0.1) is 6.07 Å². The number of nitrogens with zero attached hydrogens (tertiary/aromatic N) is 1. The summed E-state index contributed by atoms with van der Waals surface area (Å²) in [5.41, 5.74) is 0. The summed E-state index contributed by atoms with van der Waals surface area (Å²) >= 11 is 0. The van der Waals surface area contributed by atoms with Gasteiger partial charge in [0.1, 0.15) is 5.76 Å². The third-order valence-corrected chi connectivity index (χ3v) is 0.771. The SMILES string of the molecule is C=CCc1[c]cno1. The van der Waals surface area contributed by atoms with Gasteiger partial charge in [0.25, 0.3) is 0 Å². The summed E-state index contributed by atoms with van der Waals surface area (Å²) in [6, 6.07) is 2.79. The van der Waals surface area contributed by atoms with Crippen molar-refractivity contribution in [2.75, 3.05) is 0 Å². The summed E-state index contributed by atoms with van der Waals surface area (Å²) in [6.45, 7) is 3.53. The number of hydrogen-bond donors (Lipinski definition) is 0. The molecule has 1 rings (SSSR count). The molecule has 0 aromatic carbocycles. The van der Waals surface area contributed by atoms with Gasteiger partial charge in [-0.15, -0.1) is 6.58 Å². The molecule has 1 aromatic heterocycles. The zero-order valence-electron chi connectivity index (χ0n) is 4.42. The molecule has 2 heteroatoms. The first-order chi connectivity index (χ1) is 3.93. The highest BCUT2D eigenvalue weighted by molar-refractivity contribution is 4.95. The number of rotatable bonds is 2. The second-order valence-corrected chi connectivity index (χ2v) is 1.39. The number of aromatic nitrogens is 1. The first-order valence-corrected chi connectivity index (χ1v) is 2.35. The Kier molecular flexibility index (Phi) is 1.47. The van der Waals surface area contributed by atoms with Gasteiger partial charge in [-0.25, -0.2) is 0 Å². The molecule has 1 radical (unpaired) electrons. The maximum absolute atomic E-state index is 4.70. The number of hydrogen-bond acceptors (Lipinski definition) is 2. The monoisotopic (exact) mass is 108 g/mol. The molecule has 0 aliphatic heterocycles. The lowest BCUT2D eigenvalue weighted by Gasteiger charge is -1.78. The molecule has 0 atom stereocenters. The van der Waals surface area contributed by atoms with E-state index in [1.165, 1.54) is 6.20 Å². The Balaban J connectivity index is 2.62. The average Bonchev–Trinajstić information content (AvgIpc) is 2.19. The highest BCUT2D eigenvalue weighted by Crippen LogP contribution is 1.95. The second kappa shape index (κ2) is 2.31. The Hall–Kier alpha value is -1.05. The van der Waals surface area contributed by atoms with Crippen molar-refractivity contribution in [2.24, 2.45) is 0 Å². The van der Waals surface area contributed by atoms with Crippen LogP contribution >= 0.6 is 0 Å². The van der Waals surface area contributed by atoms with Crippen LogP contribution in [-0.2, 0) is 6.42 Å². The van der Waals surface area contributed by atoms with E-state index in [1.807, 2.05) is 0 Å². The smallest absolute Gasteiger partial charge is 0.148 e. The summed E-state index contributed by atoms with van der Waals surface area (Å²) in [6.07, 6.45) is 3.95. The van der Waals surface area contributed by atoms with E-state index in [1.54, 1.807) is 6.08 Å². The van der Waals surface area contributed by atoms with Crippen LogP contribution in [-0.4, -0.2) is 5.16 Å². The summed E-state index contributed by atoms with van der Waals surface area (Å²) in [4.78, 5) is 0. The van der Waals surface area contributed by atoms with Gasteiger partial charge in [-0.2, -0.15) is 0 Å². The molecule has 2 nitrogen and oxygen atoms in total. The fraction of sp³-hybridized carbons (Fsp3) is 0.167.